The van der Waals surface area contributed by atoms with Gasteiger partial charge in [-0.15, -0.1) is 0 Å². The van der Waals surface area contributed by atoms with Crippen molar-refractivity contribution in [1.82, 2.24) is 14.7 Å². The number of piperidine rings is 1. The summed E-state index contributed by atoms with van der Waals surface area (Å²) in [5, 5.41) is 11.0. The van der Waals surface area contributed by atoms with Gasteiger partial charge in [0, 0.05) is 69.5 Å². The first kappa shape index (κ1) is 27.4. The van der Waals surface area contributed by atoms with Gasteiger partial charge in [0.05, 0.1) is 12.2 Å². The maximum absolute atomic E-state index is 13.5. The molecule has 1 saturated heterocycles. The van der Waals surface area contributed by atoms with E-state index in [4.69, 9.17) is 4.74 Å². The van der Waals surface area contributed by atoms with Crippen LogP contribution in [0.15, 0.2) is 42.5 Å². The molecule has 1 aliphatic carbocycles. The summed E-state index contributed by atoms with van der Waals surface area (Å²) in [6, 6.07) is 14.1. The Morgan fingerprint density at radius 1 is 1.05 bits per heavy atom. The summed E-state index contributed by atoms with van der Waals surface area (Å²) in [7, 11) is 1.79. The van der Waals surface area contributed by atoms with E-state index in [1.165, 1.54) is 11.1 Å². The second-order valence-corrected chi connectivity index (χ2v) is 13.3. The van der Waals surface area contributed by atoms with Gasteiger partial charge in [0.15, 0.2) is 0 Å². The van der Waals surface area contributed by atoms with Crippen molar-refractivity contribution in [2.24, 2.45) is 5.41 Å². The molecule has 7 nitrogen and oxygen atoms in total. The van der Waals surface area contributed by atoms with E-state index in [1.54, 1.807) is 12.0 Å². The minimum Gasteiger partial charge on any atom is -0.390 e. The Hall–Kier alpha value is -2.74. The number of β-amino-alcohol motifs (C(OH)–C–C–N with tert-alkyl or cyclic N) is 1. The van der Waals surface area contributed by atoms with Crippen LogP contribution in [0.2, 0.25) is 0 Å². The van der Waals surface area contributed by atoms with Crippen molar-refractivity contribution in [2.75, 3.05) is 46.4 Å². The molecule has 4 aliphatic rings. The molecule has 7 heteroatoms. The van der Waals surface area contributed by atoms with Crippen LogP contribution in [0.3, 0.4) is 0 Å². The predicted octanol–water partition coefficient (Wildman–Crippen LogP) is 3.87. The Balaban J connectivity index is 1.09. The Bertz CT molecular complexity index is 1270. The lowest BCUT2D eigenvalue weighted by molar-refractivity contribution is -0.0841. The number of benzene rings is 2. The first-order valence-corrected chi connectivity index (χ1v) is 14.9. The molecule has 2 aromatic rings. The number of carbonyl (C=O) groups excluding carboxylic acids is 2. The third-order valence-electron chi connectivity index (χ3n) is 9.98. The minimum absolute atomic E-state index is 0.0597. The average Bonchev–Trinajstić information content (AvgIpc) is 2.93. The zero-order chi connectivity index (χ0) is 28.1. The first-order valence-electron chi connectivity index (χ1n) is 14.9. The van der Waals surface area contributed by atoms with Crippen LogP contribution in [0.1, 0.15) is 76.9 Å². The molecule has 3 heterocycles. The molecule has 1 atom stereocenters. The van der Waals surface area contributed by atoms with Gasteiger partial charge in [-0.25, -0.2) is 0 Å². The normalized spacial score (nSPS) is 22.9. The fourth-order valence-electron chi connectivity index (χ4n) is 7.54. The average molecular weight is 546 g/mol. The number of methoxy groups -OCH3 is 1. The molecule has 2 amide bonds. The summed E-state index contributed by atoms with van der Waals surface area (Å²) in [5.74, 6) is -0.00145. The van der Waals surface area contributed by atoms with Gasteiger partial charge in [0.1, 0.15) is 0 Å². The van der Waals surface area contributed by atoms with Gasteiger partial charge in [-0.05, 0) is 72.4 Å². The molecule has 0 radical (unpaired) electrons. The van der Waals surface area contributed by atoms with Gasteiger partial charge in [-0.3, -0.25) is 14.5 Å². The van der Waals surface area contributed by atoms with Crippen molar-refractivity contribution in [3.8, 4) is 0 Å². The number of carbonyl (C=O) groups is 2. The van der Waals surface area contributed by atoms with E-state index in [-0.39, 0.29) is 17.2 Å². The largest absolute Gasteiger partial charge is 0.390 e. The molecular weight excluding hydrogens is 502 g/mol. The monoisotopic (exact) mass is 545 g/mol. The number of aliphatic hydroxyl groups is 1. The van der Waals surface area contributed by atoms with Crippen LogP contribution < -0.4 is 0 Å². The Morgan fingerprint density at radius 3 is 2.50 bits per heavy atom. The summed E-state index contributed by atoms with van der Waals surface area (Å²) < 4.78 is 5.49. The van der Waals surface area contributed by atoms with Crippen LogP contribution in [-0.2, 0) is 23.1 Å². The maximum atomic E-state index is 13.5. The second-order valence-electron chi connectivity index (χ2n) is 13.3. The van der Waals surface area contributed by atoms with Crippen molar-refractivity contribution >= 4 is 11.8 Å². The van der Waals surface area contributed by atoms with Gasteiger partial charge in [-0.1, -0.05) is 38.1 Å². The van der Waals surface area contributed by atoms with Crippen molar-refractivity contribution in [1.29, 1.82) is 0 Å². The molecular formula is C33H43N3O4. The summed E-state index contributed by atoms with van der Waals surface area (Å²) in [4.78, 5) is 33.0. The van der Waals surface area contributed by atoms with Gasteiger partial charge in [0.2, 0.25) is 0 Å². The highest BCUT2D eigenvalue weighted by Gasteiger charge is 2.46. The fourth-order valence-corrected chi connectivity index (χ4v) is 7.54. The van der Waals surface area contributed by atoms with Crippen molar-refractivity contribution in [3.63, 3.8) is 0 Å². The van der Waals surface area contributed by atoms with Crippen LogP contribution in [0.5, 0.6) is 0 Å². The second kappa shape index (κ2) is 10.6. The van der Waals surface area contributed by atoms with Crippen molar-refractivity contribution in [3.05, 3.63) is 70.3 Å². The molecule has 3 aliphatic heterocycles. The van der Waals surface area contributed by atoms with Gasteiger partial charge < -0.3 is 19.6 Å². The quantitative estimate of drug-likeness (QED) is 0.597. The molecule has 2 aromatic carbocycles. The van der Waals surface area contributed by atoms with E-state index in [1.807, 2.05) is 23.1 Å². The SMILES string of the molecule is COC1CC2(CCN(C(=O)c3ccc4c(c3)C(C)(C)CN(CC(O)CN3CCc5ccccc5C3)C4=O)CC2)C1. The molecule has 6 rings (SSSR count). The lowest BCUT2D eigenvalue weighted by Crippen LogP contribution is -2.51. The third kappa shape index (κ3) is 5.19. The molecule has 1 N–H and O–H groups in total. The van der Waals surface area contributed by atoms with E-state index in [9.17, 15) is 14.7 Å². The van der Waals surface area contributed by atoms with Gasteiger partial charge in [-0.2, -0.15) is 0 Å². The summed E-state index contributed by atoms with van der Waals surface area (Å²) in [6.07, 6.45) is 5.04. The van der Waals surface area contributed by atoms with E-state index >= 15 is 0 Å². The van der Waals surface area contributed by atoms with E-state index in [0.29, 0.717) is 42.3 Å². The highest BCUT2D eigenvalue weighted by molar-refractivity contribution is 6.00. The van der Waals surface area contributed by atoms with Crippen LogP contribution >= 0.6 is 0 Å². The molecule has 1 spiro atoms. The highest BCUT2D eigenvalue weighted by Crippen LogP contribution is 2.50. The summed E-state index contributed by atoms with van der Waals surface area (Å²) in [6.45, 7) is 8.93. The van der Waals surface area contributed by atoms with Crippen LogP contribution in [-0.4, -0.2) is 90.2 Å². The predicted molar refractivity (Wildman–Crippen MR) is 154 cm³/mol. The molecule has 0 bridgehead atoms. The lowest BCUT2D eigenvalue weighted by atomic mass is 9.61. The topological polar surface area (TPSA) is 73.3 Å². The minimum atomic E-state index is -0.621. The number of aliphatic hydroxyl groups excluding tert-OH is 1. The van der Waals surface area contributed by atoms with Gasteiger partial charge in [0.25, 0.3) is 11.8 Å². The smallest absolute Gasteiger partial charge is 0.254 e. The highest BCUT2D eigenvalue weighted by atomic mass is 16.5. The number of amides is 2. The van der Waals surface area contributed by atoms with E-state index in [2.05, 4.69) is 43.0 Å². The van der Waals surface area contributed by atoms with Crippen LogP contribution in [0.25, 0.3) is 0 Å². The van der Waals surface area contributed by atoms with Crippen LogP contribution in [0, 0.1) is 5.41 Å². The molecule has 1 unspecified atom stereocenters. The lowest BCUT2D eigenvalue weighted by Gasteiger charge is -2.51. The van der Waals surface area contributed by atoms with E-state index < -0.39 is 6.10 Å². The number of likely N-dealkylation sites (tertiary alicyclic amines) is 1. The fraction of sp³-hybridized carbons (Fsp3) is 0.576. The maximum Gasteiger partial charge on any atom is 0.254 e. The third-order valence-corrected chi connectivity index (χ3v) is 9.98. The Morgan fingerprint density at radius 2 is 1.77 bits per heavy atom. The molecule has 0 aromatic heterocycles. The van der Waals surface area contributed by atoms with E-state index in [0.717, 1.165) is 63.8 Å². The standard InChI is InChI=1S/C33H43N3O4/c1-32(2)22-36(21-26(37)20-34-13-10-23-6-4-5-7-25(23)19-34)31(39)28-9-8-24(16-29(28)32)30(38)35-14-11-33(12-15-35)17-27(18-33)40-3/h4-9,16,26-27,37H,10-15,17-22H2,1-3H3. The number of ether oxygens (including phenoxy) is 1. The molecule has 214 valence electrons. The zero-order valence-corrected chi connectivity index (χ0v) is 24.2. The number of rotatable bonds is 6. The summed E-state index contributed by atoms with van der Waals surface area (Å²) >= 11 is 0. The number of fused-ring (bicyclic) bond motifs is 2. The van der Waals surface area contributed by atoms with Gasteiger partial charge >= 0.3 is 0 Å². The molecule has 40 heavy (non-hydrogen) atoms. The number of hydrogen-bond donors (Lipinski definition) is 1. The number of hydrogen-bond acceptors (Lipinski definition) is 5. The molecule has 2 fully saturated rings. The van der Waals surface area contributed by atoms with Crippen LogP contribution in [0.4, 0.5) is 0 Å². The zero-order valence-electron chi connectivity index (χ0n) is 24.2. The van der Waals surface area contributed by atoms with Crippen molar-refractivity contribution < 1.29 is 19.4 Å². The molecule has 1 saturated carbocycles. The first-order chi connectivity index (χ1) is 19.2. The summed E-state index contributed by atoms with van der Waals surface area (Å²) in [5.41, 5.74) is 4.98. The Kier molecular flexibility index (Phi) is 7.26. The van der Waals surface area contributed by atoms with Crippen molar-refractivity contribution in [2.45, 2.75) is 70.1 Å². The number of nitrogens with zero attached hydrogens (tertiary/aromatic N) is 3. The Labute approximate surface area is 238 Å².